The molecule has 0 saturated carbocycles. The quantitative estimate of drug-likeness (QED) is 0.0790. The van der Waals surface area contributed by atoms with Gasteiger partial charge < -0.3 is 20.0 Å². The normalized spacial score (nSPS) is 15.6. The van der Waals surface area contributed by atoms with Crippen LogP contribution in [0.3, 0.4) is 0 Å². The van der Waals surface area contributed by atoms with Crippen LogP contribution in [0.4, 0.5) is 0 Å². The summed E-state index contributed by atoms with van der Waals surface area (Å²) in [6.07, 6.45) is 11.7. The second kappa shape index (κ2) is 21.5. The highest BCUT2D eigenvalue weighted by Gasteiger charge is 2.19. The lowest BCUT2D eigenvalue weighted by Crippen LogP contribution is -2.00. The minimum Gasteiger partial charge on any atom is -0.330 e. The summed E-state index contributed by atoms with van der Waals surface area (Å²) >= 11 is 0. The summed E-state index contributed by atoms with van der Waals surface area (Å²) in [5.41, 5.74) is 5.42. The highest BCUT2D eigenvalue weighted by atomic mass is 33.1. The molecular formula is C19H43NO7P2S2. The van der Waals surface area contributed by atoms with Gasteiger partial charge in [0.15, 0.2) is 0 Å². The monoisotopic (exact) mass is 523 g/mol. The Morgan fingerprint density at radius 2 is 1.03 bits per heavy atom. The van der Waals surface area contributed by atoms with Gasteiger partial charge in [0.05, 0.1) is 19.8 Å². The molecule has 0 rings (SSSR count). The van der Waals surface area contributed by atoms with E-state index in [4.69, 9.17) is 24.2 Å². The predicted octanol–water partition coefficient (Wildman–Crippen LogP) is 5.97. The Kier molecular flexibility index (Phi) is 22.1. The van der Waals surface area contributed by atoms with Crippen LogP contribution in [0.1, 0.15) is 77.0 Å². The summed E-state index contributed by atoms with van der Waals surface area (Å²) in [6.45, 7) is 2.74. The third-order valence-electron chi connectivity index (χ3n) is 4.27. The van der Waals surface area contributed by atoms with E-state index in [0.29, 0.717) is 13.2 Å². The average Bonchev–Trinajstić information content (AvgIpc) is 2.69. The van der Waals surface area contributed by atoms with Crippen molar-refractivity contribution in [3.05, 3.63) is 0 Å². The van der Waals surface area contributed by atoms with Gasteiger partial charge in [0.25, 0.3) is 0 Å². The van der Waals surface area contributed by atoms with Crippen molar-refractivity contribution < 1.29 is 32.5 Å². The number of nitrogens with two attached hydrogens (primary N) is 1. The molecule has 12 heteroatoms. The number of hydrogen-bond acceptors (Lipinski definition) is 8. The van der Waals surface area contributed by atoms with Crippen molar-refractivity contribution in [3.8, 4) is 0 Å². The molecule has 0 heterocycles. The van der Waals surface area contributed by atoms with E-state index in [2.05, 4.69) is 0 Å². The van der Waals surface area contributed by atoms with Gasteiger partial charge in [-0.25, -0.2) is 4.57 Å². The number of phosphoric acid groups is 1. The van der Waals surface area contributed by atoms with Crippen molar-refractivity contribution >= 4 is 37.0 Å². The van der Waals surface area contributed by atoms with Crippen molar-refractivity contribution in [2.24, 2.45) is 5.73 Å². The van der Waals surface area contributed by atoms with E-state index < -0.39 is 15.4 Å². The van der Waals surface area contributed by atoms with E-state index in [-0.39, 0.29) is 13.2 Å². The highest BCUT2D eigenvalue weighted by Crippen LogP contribution is 2.43. The molecule has 188 valence electrons. The molecule has 0 aromatic rings. The van der Waals surface area contributed by atoms with Gasteiger partial charge in [0.1, 0.15) is 0 Å². The van der Waals surface area contributed by atoms with E-state index in [1.807, 2.05) is 21.6 Å². The fourth-order valence-corrected chi connectivity index (χ4v) is 6.14. The summed E-state index contributed by atoms with van der Waals surface area (Å²) in [7, 11) is -3.44. The fraction of sp³-hybridized carbons (Fsp3) is 1.00. The van der Waals surface area contributed by atoms with E-state index >= 15 is 0 Å². The van der Waals surface area contributed by atoms with Crippen LogP contribution in [0.2, 0.25) is 0 Å². The van der Waals surface area contributed by atoms with Gasteiger partial charge in [0, 0.05) is 18.2 Å². The van der Waals surface area contributed by atoms with Crippen LogP contribution in [0, 0.1) is 0 Å². The van der Waals surface area contributed by atoms with Crippen molar-refractivity contribution in [1.29, 1.82) is 0 Å². The number of unbranched alkanes of at least 4 members (excludes halogenated alkanes) is 9. The largest absolute Gasteiger partial charge is 0.472 e. The molecule has 0 aliphatic carbocycles. The third-order valence-corrected chi connectivity index (χ3v) is 8.52. The summed E-state index contributed by atoms with van der Waals surface area (Å²) in [4.78, 5) is 18.6. The lowest BCUT2D eigenvalue weighted by molar-refractivity contribution is 0.145. The second-order valence-electron chi connectivity index (χ2n) is 7.45. The van der Waals surface area contributed by atoms with Crippen LogP contribution < -0.4 is 5.73 Å². The van der Waals surface area contributed by atoms with E-state index in [0.717, 1.165) is 88.6 Å². The van der Waals surface area contributed by atoms with E-state index in [1.165, 1.54) is 6.66 Å². The first-order valence-electron chi connectivity index (χ1n) is 11.3. The van der Waals surface area contributed by atoms with Crippen LogP contribution >= 0.6 is 37.0 Å². The zero-order valence-corrected chi connectivity index (χ0v) is 22.4. The molecule has 0 aromatic carbocycles. The van der Waals surface area contributed by atoms with Crippen molar-refractivity contribution in [3.63, 3.8) is 0 Å². The molecule has 0 bridgehead atoms. The lowest BCUT2D eigenvalue weighted by Gasteiger charge is -2.12. The van der Waals surface area contributed by atoms with Crippen LogP contribution in [0.5, 0.6) is 0 Å². The highest BCUT2D eigenvalue weighted by molar-refractivity contribution is 8.76. The molecule has 0 aliphatic heterocycles. The summed E-state index contributed by atoms with van der Waals surface area (Å²) in [5, 5.41) is 0. The Hall–Kier alpha value is 0.920. The molecule has 2 unspecified atom stereocenters. The average molecular weight is 524 g/mol. The molecular weight excluding hydrogens is 480 g/mol. The molecule has 0 spiro atoms. The summed E-state index contributed by atoms with van der Waals surface area (Å²) in [5.74, 6) is 2.22. The van der Waals surface area contributed by atoms with Crippen LogP contribution in [-0.2, 0) is 22.7 Å². The maximum atomic E-state index is 11.7. The first-order valence-corrected chi connectivity index (χ1v) is 17.3. The van der Waals surface area contributed by atoms with Crippen LogP contribution in [0.15, 0.2) is 0 Å². The zero-order valence-electron chi connectivity index (χ0n) is 19.0. The standard InChI is InChI=1S/C19H43NO7P2S2/c1-28(21,22)25-15-9-4-6-12-18-30-31-19-13-7-5-11-17-27-29(23,24)26-16-10-3-2-8-14-20/h2-20H2,1H3,(H,21,22)(H,23,24). The minimum absolute atomic E-state index is 0.243. The van der Waals surface area contributed by atoms with Gasteiger partial charge in [-0.1, -0.05) is 60.1 Å². The molecule has 0 radical (unpaired) electrons. The number of phosphoric ester groups is 1. The number of hydrogen-bond donors (Lipinski definition) is 3. The Morgan fingerprint density at radius 3 is 1.45 bits per heavy atom. The Morgan fingerprint density at radius 1 is 0.645 bits per heavy atom. The summed E-state index contributed by atoms with van der Waals surface area (Å²) < 4.78 is 37.5. The van der Waals surface area contributed by atoms with Gasteiger partial charge in [0.2, 0.25) is 0 Å². The molecule has 2 atom stereocenters. The first-order chi connectivity index (χ1) is 14.8. The zero-order chi connectivity index (χ0) is 23.3. The Labute approximate surface area is 196 Å². The molecule has 0 aromatic heterocycles. The SMILES string of the molecule is CP(=O)(O)OCCCCCCSSCCCCCCOP(=O)(O)OCCCCCCN. The summed E-state index contributed by atoms with van der Waals surface area (Å²) in [6, 6.07) is 0. The van der Waals surface area contributed by atoms with Crippen molar-refractivity contribution in [1.82, 2.24) is 0 Å². The predicted molar refractivity (Wildman–Crippen MR) is 133 cm³/mol. The van der Waals surface area contributed by atoms with Gasteiger partial charge in [-0.2, -0.15) is 0 Å². The van der Waals surface area contributed by atoms with E-state index in [1.54, 1.807) is 0 Å². The molecule has 0 saturated heterocycles. The topological polar surface area (TPSA) is 128 Å². The van der Waals surface area contributed by atoms with Crippen LogP contribution in [0.25, 0.3) is 0 Å². The molecule has 8 nitrogen and oxygen atoms in total. The number of rotatable bonds is 24. The lowest BCUT2D eigenvalue weighted by atomic mass is 10.2. The van der Waals surface area contributed by atoms with Gasteiger partial charge >= 0.3 is 15.4 Å². The van der Waals surface area contributed by atoms with Crippen LogP contribution in [-0.4, -0.2) is 54.3 Å². The first kappa shape index (κ1) is 31.9. The fourth-order valence-electron chi connectivity index (χ4n) is 2.58. The van der Waals surface area contributed by atoms with Gasteiger partial charge in [-0.05, 0) is 45.1 Å². The second-order valence-corrected chi connectivity index (χ2v) is 13.5. The smallest absolute Gasteiger partial charge is 0.330 e. The van der Waals surface area contributed by atoms with Gasteiger partial charge in [-0.15, -0.1) is 0 Å². The van der Waals surface area contributed by atoms with E-state index in [9.17, 15) is 14.0 Å². The Bertz CT molecular complexity index is 498. The molecule has 4 N–H and O–H groups in total. The van der Waals surface area contributed by atoms with Crippen molar-refractivity contribution in [2.45, 2.75) is 77.0 Å². The molecule has 0 amide bonds. The Balaban J connectivity index is 3.28. The maximum absolute atomic E-state index is 11.7. The van der Waals surface area contributed by atoms with Crippen molar-refractivity contribution in [2.75, 3.05) is 44.5 Å². The molecule has 31 heavy (non-hydrogen) atoms. The third kappa shape index (κ3) is 27.0. The molecule has 0 fully saturated rings. The van der Waals surface area contributed by atoms with Gasteiger partial charge in [-0.3, -0.25) is 13.6 Å². The molecule has 0 aliphatic rings. The maximum Gasteiger partial charge on any atom is 0.472 e. The minimum atomic E-state index is -3.90.